The second kappa shape index (κ2) is 4.07. The van der Waals surface area contributed by atoms with Crippen LogP contribution >= 0.6 is 11.6 Å². The van der Waals surface area contributed by atoms with Gasteiger partial charge in [-0.1, -0.05) is 29.8 Å². The molecule has 0 N–H and O–H groups in total. The molecule has 0 aliphatic carbocycles. The summed E-state index contributed by atoms with van der Waals surface area (Å²) in [4.78, 5) is 11.3. The third-order valence-corrected chi connectivity index (χ3v) is 2.81. The molecule has 2 rings (SSSR count). The van der Waals surface area contributed by atoms with Crippen LogP contribution in [0.4, 0.5) is 0 Å². The van der Waals surface area contributed by atoms with Gasteiger partial charge in [0.1, 0.15) is 6.10 Å². The zero-order valence-corrected chi connectivity index (χ0v) is 8.91. The lowest BCUT2D eigenvalue weighted by atomic mass is 10.0. The van der Waals surface area contributed by atoms with Gasteiger partial charge in [0.25, 0.3) is 0 Å². The highest BCUT2D eigenvalue weighted by atomic mass is 35.5. The van der Waals surface area contributed by atoms with Crippen LogP contribution in [0, 0.1) is 5.92 Å². The summed E-state index contributed by atoms with van der Waals surface area (Å²) in [5.41, 5.74) is 0.983. The number of hydrogen-bond donors (Lipinski definition) is 0. The van der Waals surface area contributed by atoms with Crippen LogP contribution in [-0.4, -0.2) is 5.97 Å². The summed E-state index contributed by atoms with van der Waals surface area (Å²) in [6.45, 7) is 3.61. The maximum atomic E-state index is 11.3. The Bertz CT molecular complexity index is 383. The summed E-state index contributed by atoms with van der Waals surface area (Å²) in [5.74, 6) is -0.365. The number of carbonyl (C=O) groups is 1. The molecule has 3 heteroatoms. The molecule has 1 aromatic carbocycles. The van der Waals surface area contributed by atoms with E-state index in [0.717, 1.165) is 5.56 Å². The SMILES string of the molecule is C=C[C@@H]1C[C@H](c2ccc(Cl)cc2)OC1=O. The molecule has 0 aromatic heterocycles. The third kappa shape index (κ3) is 2.05. The van der Waals surface area contributed by atoms with E-state index in [1.165, 1.54) is 0 Å². The smallest absolute Gasteiger partial charge is 0.313 e. The van der Waals surface area contributed by atoms with E-state index in [-0.39, 0.29) is 18.0 Å². The Labute approximate surface area is 93.5 Å². The van der Waals surface area contributed by atoms with Crippen molar-refractivity contribution in [3.05, 3.63) is 47.5 Å². The highest BCUT2D eigenvalue weighted by Crippen LogP contribution is 2.34. The van der Waals surface area contributed by atoms with Crippen LogP contribution in [0.1, 0.15) is 18.1 Å². The molecular formula is C12H11ClO2. The summed E-state index contributed by atoms with van der Waals surface area (Å²) in [5, 5.41) is 0.684. The van der Waals surface area contributed by atoms with Crippen molar-refractivity contribution >= 4 is 17.6 Å². The molecule has 0 saturated carbocycles. The van der Waals surface area contributed by atoms with E-state index in [1.54, 1.807) is 18.2 Å². The first-order chi connectivity index (χ1) is 7.20. The number of carbonyl (C=O) groups excluding carboxylic acids is 1. The minimum Gasteiger partial charge on any atom is -0.457 e. The Morgan fingerprint density at radius 1 is 1.40 bits per heavy atom. The third-order valence-electron chi connectivity index (χ3n) is 2.56. The topological polar surface area (TPSA) is 26.3 Å². The van der Waals surface area contributed by atoms with Crippen molar-refractivity contribution in [1.82, 2.24) is 0 Å². The second-order valence-electron chi connectivity index (χ2n) is 3.55. The first-order valence-electron chi connectivity index (χ1n) is 4.79. The van der Waals surface area contributed by atoms with Gasteiger partial charge in [-0.3, -0.25) is 4.79 Å². The molecule has 0 spiro atoms. The Morgan fingerprint density at radius 3 is 2.60 bits per heavy atom. The number of esters is 1. The van der Waals surface area contributed by atoms with Crippen molar-refractivity contribution in [2.75, 3.05) is 0 Å². The number of halogens is 1. The first-order valence-corrected chi connectivity index (χ1v) is 5.17. The highest BCUT2D eigenvalue weighted by Gasteiger charge is 2.32. The highest BCUT2D eigenvalue weighted by molar-refractivity contribution is 6.30. The largest absolute Gasteiger partial charge is 0.457 e. The number of ether oxygens (including phenoxy) is 1. The fraction of sp³-hybridized carbons (Fsp3) is 0.250. The van der Waals surface area contributed by atoms with Crippen molar-refractivity contribution in [2.45, 2.75) is 12.5 Å². The fourth-order valence-corrected chi connectivity index (χ4v) is 1.80. The summed E-state index contributed by atoms with van der Waals surface area (Å²) in [7, 11) is 0. The van der Waals surface area contributed by atoms with Crippen molar-refractivity contribution in [3.63, 3.8) is 0 Å². The van der Waals surface area contributed by atoms with E-state index in [0.29, 0.717) is 11.4 Å². The van der Waals surface area contributed by atoms with Crippen LogP contribution in [0.2, 0.25) is 5.02 Å². The molecule has 15 heavy (non-hydrogen) atoms. The molecular weight excluding hydrogens is 212 g/mol. The van der Waals surface area contributed by atoms with Gasteiger partial charge in [0.15, 0.2) is 0 Å². The molecule has 1 aromatic rings. The minimum absolute atomic E-state index is 0.155. The summed E-state index contributed by atoms with van der Waals surface area (Å²) in [6, 6.07) is 7.36. The molecule has 0 amide bonds. The van der Waals surface area contributed by atoms with Gasteiger partial charge in [-0.05, 0) is 17.7 Å². The lowest BCUT2D eigenvalue weighted by molar-refractivity contribution is -0.143. The van der Waals surface area contributed by atoms with Crippen LogP contribution in [0.15, 0.2) is 36.9 Å². The van der Waals surface area contributed by atoms with E-state index in [4.69, 9.17) is 16.3 Å². The Balaban J connectivity index is 2.17. The summed E-state index contributed by atoms with van der Waals surface area (Å²) < 4.78 is 5.24. The van der Waals surface area contributed by atoms with Crippen molar-refractivity contribution in [2.24, 2.45) is 5.92 Å². The van der Waals surface area contributed by atoms with Gasteiger partial charge in [-0.2, -0.15) is 0 Å². The van der Waals surface area contributed by atoms with E-state index < -0.39 is 0 Å². The van der Waals surface area contributed by atoms with Crippen LogP contribution in [0.25, 0.3) is 0 Å². The molecule has 1 aliphatic heterocycles. The molecule has 1 heterocycles. The average molecular weight is 223 g/mol. The van der Waals surface area contributed by atoms with E-state index in [1.807, 2.05) is 12.1 Å². The number of hydrogen-bond acceptors (Lipinski definition) is 2. The predicted octanol–water partition coefficient (Wildman–Crippen LogP) is 3.13. The van der Waals surface area contributed by atoms with Crippen LogP contribution in [-0.2, 0) is 9.53 Å². The fourth-order valence-electron chi connectivity index (χ4n) is 1.68. The van der Waals surface area contributed by atoms with Crippen LogP contribution in [0.5, 0.6) is 0 Å². The van der Waals surface area contributed by atoms with Crippen LogP contribution in [0.3, 0.4) is 0 Å². The zero-order valence-electron chi connectivity index (χ0n) is 8.15. The molecule has 0 bridgehead atoms. The Morgan fingerprint density at radius 2 is 2.07 bits per heavy atom. The maximum absolute atomic E-state index is 11.3. The van der Waals surface area contributed by atoms with Gasteiger partial charge in [0.2, 0.25) is 0 Å². The maximum Gasteiger partial charge on any atom is 0.313 e. The van der Waals surface area contributed by atoms with Crippen molar-refractivity contribution in [3.8, 4) is 0 Å². The first kappa shape index (κ1) is 10.2. The van der Waals surface area contributed by atoms with Crippen molar-refractivity contribution < 1.29 is 9.53 Å². The zero-order chi connectivity index (χ0) is 10.8. The quantitative estimate of drug-likeness (QED) is 0.568. The van der Waals surface area contributed by atoms with Gasteiger partial charge >= 0.3 is 5.97 Å². The van der Waals surface area contributed by atoms with Gasteiger partial charge in [-0.15, -0.1) is 6.58 Å². The molecule has 78 valence electrons. The molecule has 2 atom stereocenters. The Kier molecular flexibility index (Phi) is 2.78. The number of rotatable bonds is 2. The number of cyclic esters (lactones) is 1. The number of benzene rings is 1. The van der Waals surface area contributed by atoms with Gasteiger partial charge in [0.05, 0.1) is 5.92 Å². The molecule has 1 saturated heterocycles. The van der Waals surface area contributed by atoms with Gasteiger partial charge in [0, 0.05) is 11.4 Å². The molecule has 0 unspecified atom stereocenters. The Hall–Kier alpha value is -1.28. The summed E-state index contributed by atoms with van der Waals surface area (Å²) >= 11 is 5.78. The van der Waals surface area contributed by atoms with E-state index >= 15 is 0 Å². The molecule has 2 nitrogen and oxygen atoms in total. The molecule has 1 fully saturated rings. The predicted molar refractivity (Wildman–Crippen MR) is 58.6 cm³/mol. The lowest BCUT2D eigenvalue weighted by Gasteiger charge is -2.08. The molecule has 1 aliphatic rings. The second-order valence-corrected chi connectivity index (χ2v) is 3.99. The van der Waals surface area contributed by atoms with Crippen molar-refractivity contribution in [1.29, 1.82) is 0 Å². The minimum atomic E-state index is -0.190. The average Bonchev–Trinajstić information content (AvgIpc) is 2.61. The van der Waals surface area contributed by atoms with E-state index in [2.05, 4.69) is 6.58 Å². The van der Waals surface area contributed by atoms with E-state index in [9.17, 15) is 4.79 Å². The van der Waals surface area contributed by atoms with Gasteiger partial charge < -0.3 is 4.74 Å². The lowest BCUT2D eigenvalue weighted by Crippen LogP contribution is -2.03. The standard InChI is InChI=1S/C12H11ClO2/c1-2-8-7-11(15-12(8)14)9-3-5-10(13)6-4-9/h2-6,8,11H,1,7H2/t8-,11-/m1/s1. The van der Waals surface area contributed by atoms with Gasteiger partial charge in [-0.25, -0.2) is 0 Å². The van der Waals surface area contributed by atoms with Crippen LogP contribution < -0.4 is 0 Å². The normalized spacial score (nSPS) is 25.0. The monoisotopic (exact) mass is 222 g/mol. The summed E-state index contributed by atoms with van der Waals surface area (Å²) in [6.07, 6.45) is 2.15. The molecule has 0 radical (unpaired) electrons.